The van der Waals surface area contributed by atoms with Crippen molar-refractivity contribution in [2.75, 3.05) is 5.32 Å². The molecule has 2 rings (SSSR count). The van der Waals surface area contributed by atoms with Gasteiger partial charge in [0, 0.05) is 6.20 Å². The molecule has 0 aliphatic heterocycles. The van der Waals surface area contributed by atoms with Gasteiger partial charge in [-0.05, 0) is 18.2 Å². The molecule has 0 aliphatic rings. The molecule has 0 saturated heterocycles. The van der Waals surface area contributed by atoms with Crippen molar-refractivity contribution in [3.05, 3.63) is 50.7 Å². The van der Waals surface area contributed by atoms with Gasteiger partial charge in [-0.15, -0.1) is 0 Å². The van der Waals surface area contributed by atoms with Crippen LogP contribution in [0.15, 0.2) is 24.4 Å². The first kappa shape index (κ1) is 14.7. The van der Waals surface area contributed by atoms with Crippen LogP contribution in [0.3, 0.4) is 0 Å². The number of rotatable bonds is 3. The molecule has 0 fully saturated rings. The van der Waals surface area contributed by atoms with Crippen LogP contribution in [-0.4, -0.2) is 22.0 Å². The Morgan fingerprint density at radius 1 is 1.10 bits per heavy atom. The summed E-state index contributed by atoms with van der Waals surface area (Å²) in [6.07, 6.45) is 1.45. The van der Waals surface area contributed by atoms with E-state index in [2.05, 4.69) is 10.3 Å². The zero-order valence-corrected chi connectivity index (χ0v) is 12.0. The number of hydrogen-bond donors (Lipinski definition) is 3. The van der Waals surface area contributed by atoms with Crippen LogP contribution in [0.4, 0.5) is 5.69 Å². The first-order valence-electron chi connectivity index (χ1n) is 5.26. The van der Waals surface area contributed by atoms with Gasteiger partial charge in [0.2, 0.25) is 0 Å². The number of carbonyl (C=O) groups is 2. The molecule has 0 spiro atoms. The fraction of sp³-hybridized carbons (Fsp3) is 0. The van der Waals surface area contributed by atoms with E-state index in [0.717, 1.165) is 0 Å². The number of aromatic nitrogens is 1. The summed E-state index contributed by atoms with van der Waals surface area (Å²) in [4.78, 5) is 25.4. The third kappa shape index (κ3) is 3.07. The van der Waals surface area contributed by atoms with Crippen LogP contribution in [0.1, 0.15) is 20.8 Å². The fourth-order valence-corrected chi connectivity index (χ4v) is 2.24. The highest BCUT2D eigenvalue weighted by Crippen LogP contribution is 2.32. The highest BCUT2D eigenvalue weighted by molar-refractivity contribution is 6.40. The second kappa shape index (κ2) is 5.75. The van der Waals surface area contributed by atoms with Gasteiger partial charge in [-0.3, -0.25) is 4.79 Å². The molecule has 0 unspecified atom stereocenters. The maximum atomic E-state index is 11.9. The molecule has 1 amide bonds. The van der Waals surface area contributed by atoms with Crippen LogP contribution < -0.4 is 5.32 Å². The monoisotopic (exact) mass is 332 g/mol. The van der Waals surface area contributed by atoms with Crippen LogP contribution >= 0.6 is 34.8 Å². The van der Waals surface area contributed by atoms with Crippen molar-refractivity contribution >= 4 is 52.4 Å². The lowest BCUT2D eigenvalue weighted by Crippen LogP contribution is -2.13. The smallest absolute Gasteiger partial charge is 0.335 e. The topological polar surface area (TPSA) is 82.2 Å². The molecule has 3 N–H and O–H groups in total. The van der Waals surface area contributed by atoms with E-state index in [-0.39, 0.29) is 27.0 Å². The lowest BCUT2D eigenvalue weighted by molar-refractivity contribution is 0.0696. The predicted octanol–water partition coefficient (Wildman–Crippen LogP) is 3.93. The minimum absolute atomic E-state index is 0.0286. The molecule has 8 heteroatoms. The number of H-pyrrole nitrogens is 1. The van der Waals surface area contributed by atoms with E-state index in [1.807, 2.05) is 0 Å². The van der Waals surface area contributed by atoms with Crippen LogP contribution in [0, 0.1) is 0 Å². The Hall–Kier alpha value is -1.69. The molecule has 0 radical (unpaired) electrons. The van der Waals surface area contributed by atoms with Crippen molar-refractivity contribution in [3.63, 3.8) is 0 Å². The van der Waals surface area contributed by atoms with E-state index in [0.29, 0.717) is 5.02 Å². The highest BCUT2D eigenvalue weighted by Gasteiger charge is 2.16. The number of carboxylic acid groups (broad SMARTS) is 1. The number of carbonyl (C=O) groups excluding carboxylic acids is 1. The summed E-state index contributed by atoms with van der Waals surface area (Å²) in [6, 6.07) is 3.84. The van der Waals surface area contributed by atoms with Gasteiger partial charge in [0.05, 0.1) is 26.3 Å². The minimum Gasteiger partial charge on any atom is -0.478 e. The Bertz CT molecular complexity index is 674. The number of nitrogens with one attached hydrogen (secondary N) is 2. The number of amides is 1. The molecule has 5 nitrogen and oxygen atoms in total. The van der Waals surface area contributed by atoms with Crippen LogP contribution in [0.25, 0.3) is 0 Å². The maximum Gasteiger partial charge on any atom is 0.335 e. The Labute approximate surface area is 128 Å². The number of carboxylic acids is 1. The average Bonchev–Trinajstić information content (AvgIpc) is 2.80. The number of benzene rings is 1. The van der Waals surface area contributed by atoms with Crippen molar-refractivity contribution in [2.45, 2.75) is 0 Å². The van der Waals surface area contributed by atoms with Gasteiger partial charge in [-0.1, -0.05) is 34.8 Å². The summed E-state index contributed by atoms with van der Waals surface area (Å²) >= 11 is 17.5. The van der Waals surface area contributed by atoms with Crippen molar-refractivity contribution in [3.8, 4) is 0 Å². The van der Waals surface area contributed by atoms with Crippen molar-refractivity contribution in [1.29, 1.82) is 0 Å². The zero-order chi connectivity index (χ0) is 14.9. The zero-order valence-electron chi connectivity index (χ0n) is 9.71. The van der Waals surface area contributed by atoms with Gasteiger partial charge in [0.15, 0.2) is 0 Å². The van der Waals surface area contributed by atoms with Gasteiger partial charge in [0.25, 0.3) is 5.91 Å². The number of halogens is 3. The molecule has 0 saturated carbocycles. The van der Waals surface area contributed by atoms with E-state index in [4.69, 9.17) is 39.9 Å². The van der Waals surface area contributed by atoms with E-state index >= 15 is 0 Å². The van der Waals surface area contributed by atoms with Gasteiger partial charge in [-0.2, -0.15) is 0 Å². The van der Waals surface area contributed by atoms with Gasteiger partial charge in [-0.25, -0.2) is 4.79 Å². The van der Waals surface area contributed by atoms with Crippen LogP contribution in [0.5, 0.6) is 0 Å². The first-order chi connectivity index (χ1) is 9.38. The lowest BCUT2D eigenvalue weighted by atomic mass is 10.2. The number of anilines is 1. The molecule has 0 aliphatic carbocycles. The minimum atomic E-state index is -1.16. The third-order valence-corrected chi connectivity index (χ3v) is 3.23. The largest absolute Gasteiger partial charge is 0.478 e. The molecule has 104 valence electrons. The van der Waals surface area contributed by atoms with E-state index in [1.165, 1.54) is 24.4 Å². The normalized spacial score (nSPS) is 10.3. The quantitative estimate of drug-likeness (QED) is 0.796. The first-order valence-corrected chi connectivity index (χ1v) is 6.39. The Kier molecular flexibility index (Phi) is 4.23. The van der Waals surface area contributed by atoms with Crippen LogP contribution in [0.2, 0.25) is 15.1 Å². The summed E-state index contributed by atoms with van der Waals surface area (Å²) in [7, 11) is 0. The molecular weight excluding hydrogens is 327 g/mol. The summed E-state index contributed by atoms with van der Waals surface area (Å²) in [5, 5.41) is 11.8. The lowest BCUT2D eigenvalue weighted by Gasteiger charge is -2.09. The molecule has 1 aromatic heterocycles. The van der Waals surface area contributed by atoms with Crippen molar-refractivity contribution in [1.82, 2.24) is 4.98 Å². The Balaban J connectivity index is 2.30. The molecule has 0 atom stereocenters. The Morgan fingerprint density at radius 3 is 2.15 bits per heavy atom. The van der Waals surface area contributed by atoms with Crippen LogP contribution in [-0.2, 0) is 0 Å². The van der Waals surface area contributed by atoms with Gasteiger partial charge < -0.3 is 15.4 Å². The highest BCUT2D eigenvalue weighted by atomic mass is 35.5. The van der Waals surface area contributed by atoms with Gasteiger partial charge in [0.1, 0.15) is 5.69 Å². The number of aromatic amines is 1. The molecule has 1 heterocycles. The molecule has 1 aromatic carbocycles. The van der Waals surface area contributed by atoms with E-state index in [1.54, 1.807) is 0 Å². The number of hydrogen-bond acceptors (Lipinski definition) is 2. The molecular formula is C12H7Cl3N2O3. The molecule has 0 bridgehead atoms. The van der Waals surface area contributed by atoms with Crippen molar-refractivity contribution < 1.29 is 14.7 Å². The SMILES string of the molecule is O=C(O)c1cc(Cl)c(NC(=O)c2cc(Cl)c[nH]2)c(Cl)c1. The predicted molar refractivity (Wildman–Crippen MR) is 77.2 cm³/mol. The molecule has 2 aromatic rings. The second-order valence-corrected chi connectivity index (χ2v) is 5.06. The summed E-state index contributed by atoms with van der Waals surface area (Å²) in [5.74, 6) is -1.66. The average molecular weight is 334 g/mol. The number of aromatic carboxylic acids is 1. The van der Waals surface area contributed by atoms with Crippen molar-refractivity contribution in [2.24, 2.45) is 0 Å². The summed E-state index contributed by atoms with van der Waals surface area (Å²) < 4.78 is 0. The summed E-state index contributed by atoms with van der Waals surface area (Å²) in [6.45, 7) is 0. The fourth-order valence-electron chi connectivity index (χ4n) is 1.50. The third-order valence-electron chi connectivity index (χ3n) is 2.42. The summed E-state index contributed by atoms with van der Waals surface area (Å²) in [5.41, 5.74) is 0.291. The maximum absolute atomic E-state index is 11.9. The Morgan fingerprint density at radius 2 is 1.70 bits per heavy atom. The van der Waals surface area contributed by atoms with E-state index < -0.39 is 11.9 Å². The van der Waals surface area contributed by atoms with Gasteiger partial charge >= 0.3 is 5.97 Å². The second-order valence-electron chi connectivity index (χ2n) is 3.81. The van der Waals surface area contributed by atoms with E-state index in [9.17, 15) is 9.59 Å². The standard InChI is InChI=1S/C12H7Cl3N2O3/c13-6-3-9(16-4-6)11(18)17-10-7(14)1-5(12(19)20)2-8(10)15/h1-4,16H,(H,17,18)(H,19,20). The molecule has 20 heavy (non-hydrogen) atoms.